The Kier molecular flexibility index (Phi) is 4.68. The van der Waals surface area contributed by atoms with Crippen LogP contribution in [0.5, 0.6) is 0 Å². The maximum absolute atomic E-state index is 12.1. The van der Waals surface area contributed by atoms with Gasteiger partial charge in [-0.15, -0.1) is 0 Å². The highest BCUT2D eigenvalue weighted by molar-refractivity contribution is 9.09. The second kappa shape index (κ2) is 6.04. The average molecular weight is 288 g/mol. The van der Waals surface area contributed by atoms with Crippen LogP contribution in [-0.2, 0) is 4.79 Å². The lowest BCUT2D eigenvalue weighted by atomic mass is 9.96. The van der Waals surface area contributed by atoms with Crippen molar-refractivity contribution >= 4 is 21.8 Å². The van der Waals surface area contributed by atoms with Crippen molar-refractivity contribution in [1.82, 2.24) is 4.90 Å². The first-order valence-corrected chi connectivity index (χ1v) is 7.59. The Labute approximate surface area is 107 Å². The van der Waals surface area contributed by atoms with Gasteiger partial charge in [0.05, 0.1) is 0 Å². The Hall–Kier alpha value is -0.0500. The van der Waals surface area contributed by atoms with E-state index in [1.165, 1.54) is 38.5 Å². The van der Waals surface area contributed by atoms with E-state index in [9.17, 15) is 4.79 Å². The summed E-state index contributed by atoms with van der Waals surface area (Å²) in [6.07, 6.45) is 9.89. The molecule has 0 aromatic rings. The topological polar surface area (TPSA) is 20.3 Å². The molecule has 1 aliphatic heterocycles. The van der Waals surface area contributed by atoms with Crippen molar-refractivity contribution in [2.75, 3.05) is 13.1 Å². The van der Waals surface area contributed by atoms with Gasteiger partial charge in [-0.2, -0.15) is 0 Å². The van der Waals surface area contributed by atoms with Crippen LogP contribution in [0.4, 0.5) is 0 Å². The normalized spacial score (nSPS) is 28.1. The van der Waals surface area contributed by atoms with Crippen molar-refractivity contribution in [3.05, 3.63) is 0 Å². The molecular weight excluding hydrogens is 266 g/mol. The Morgan fingerprint density at radius 2 is 1.81 bits per heavy atom. The first kappa shape index (κ1) is 12.4. The van der Waals surface area contributed by atoms with Crippen LogP contribution in [-0.4, -0.2) is 28.7 Å². The monoisotopic (exact) mass is 287 g/mol. The molecule has 1 atom stereocenters. The largest absolute Gasteiger partial charge is 0.342 e. The zero-order chi connectivity index (χ0) is 11.4. The summed E-state index contributed by atoms with van der Waals surface area (Å²) in [5.41, 5.74) is 0. The molecule has 0 bridgehead atoms. The molecule has 1 aliphatic carbocycles. The lowest BCUT2D eigenvalue weighted by Gasteiger charge is -2.19. The minimum Gasteiger partial charge on any atom is -0.342 e. The van der Waals surface area contributed by atoms with Gasteiger partial charge >= 0.3 is 0 Å². The van der Waals surface area contributed by atoms with E-state index in [-0.39, 0.29) is 0 Å². The van der Waals surface area contributed by atoms with Gasteiger partial charge in [-0.25, -0.2) is 0 Å². The summed E-state index contributed by atoms with van der Waals surface area (Å²) in [6, 6.07) is 0. The van der Waals surface area contributed by atoms with Gasteiger partial charge in [0.2, 0.25) is 5.91 Å². The van der Waals surface area contributed by atoms with E-state index >= 15 is 0 Å². The summed E-state index contributed by atoms with van der Waals surface area (Å²) >= 11 is 3.59. The zero-order valence-corrected chi connectivity index (χ0v) is 11.5. The molecule has 1 unspecified atom stereocenters. The van der Waals surface area contributed by atoms with E-state index in [2.05, 4.69) is 15.9 Å². The number of nitrogens with zero attached hydrogens (tertiary/aromatic N) is 1. The Morgan fingerprint density at radius 3 is 2.38 bits per heavy atom. The standard InChI is InChI=1S/C13H22BrNO/c14-12-7-8-15(10-12)13(16)9-11-5-3-1-2-4-6-11/h11-12H,1-10H2. The SMILES string of the molecule is O=C(CC1CCCCCC1)N1CCC(Br)C1. The fourth-order valence-electron chi connectivity index (χ4n) is 2.89. The summed E-state index contributed by atoms with van der Waals surface area (Å²) in [4.78, 5) is 14.7. The summed E-state index contributed by atoms with van der Waals surface area (Å²) in [5.74, 6) is 1.07. The number of rotatable bonds is 2. The van der Waals surface area contributed by atoms with Crippen molar-refractivity contribution in [3.63, 3.8) is 0 Å². The fourth-order valence-corrected chi connectivity index (χ4v) is 3.44. The highest BCUT2D eigenvalue weighted by Gasteiger charge is 2.26. The number of halogens is 1. The van der Waals surface area contributed by atoms with Crippen LogP contribution in [0.2, 0.25) is 0 Å². The maximum Gasteiger partial charge on any atom is 0.222 e. The third-order valence-corrected chi connectivity index (χ3v) is 4.67. The molecule has 0 radical (unpaired) electrons. The number of hydrogen-bond donors (Lipinski definition) is 0. The first-order valence-electron chi connectivity index (χ1n) is 6.67. The highest BCUT2D eigenvalue weighted by Crippen LogP contribution is 2.27. The summed E-state index contributed by atoms with van der Waals surface area (Å²) in [5, 5.41) is 0. The lowest BCUT2D eigenvalue weighted by molar-refractivity contribution is -0.131. The highest BCUT2D eigenvalue weighted by atomic mass is 79.9. The number of amides is 1. The minimum absolute atomic E-state index is 0.397. The third kappa shape index (κ3) is 3.47. The molecule has 0 N–H and O–H groups in total. The molecule has 1 heterocycles. The molecule has 0 aromatic heterocycles. The van der Waals surface area contributed by atoms with Crippen LogP contribution in [0.1, 0.15) is 51.4 Å². The van der Waals surface area contributed by atoms with E-state index in [0.29, 0.717) is 16.7 Å². The summed E-state index contributed by atoms with van der Waals surface area (Å²) < 4.78 is 0. The predicted molar refractivity (Wildman–Crippen MR) is 69.7 cm³/mol. The van der Waals surface area contributed by atoms with Crippen LogP contribution < -0.4 is 0 Å². The molecule has 3 heteroatoms. The van der Waals surface area contributed by atoms with Crippen LogP contribution in [0, 0.1) is 5.92 Å². The number of likely N-dealkylation sites (tertiary alicyclic amines) is 1. The Morgan fingerprint density at radius 1 is 1.12 bits per heavy atom. The quantitative estimate of drug-likeness (QED) is 0.563. The van der Waals surface area contributed by atoms with Crippen LogP contribution >= 0.6 is 15.9 Å². The summed E-state index contributed by atoms with van der Waals surface area (Å²) in [7, 11) is 0. The van der Waals surface area contributed by atoms with Gasteiger partial charge in [-0.1, -0.05) is 41.6 Å². The average Bonchev–Trinajstić information content (AvgIpc) is 2.54. The predicted octanol–water partition coefficient (Wildman–Crippen LogP) is 3.34. The second-order valence-electron chi connectivity index (χ2n) is 5.29. The van der Waals surface area contributed by atoms with E-state index in [4.69, 9.17) is 0 Å². The maximum atomic E-state index is 12.1. The van der Waals surface area contributed by atoms with Gasteiger partial charge in [0.1, 0.15) is 0 Å². The van der Waals surface area contributed by atoms with E-state index in [1.54, 1.807) is 0 Å². The molecular formula is C13H22BrNO. The number of carbonyl (C=O) groups is 1. The first-order chi connectivity index (χ1) is 7.75. The van der Waals surface area contributed by atoms with Crippen molar-refractivity contribution in [1.29, 1.82) is 0 Å². The van der Waals surface area contributed by atoms with Gasteiger partial charge in [0.25, 0.3) is 0 Å². The fraction of sp³-hybridized carbons (Fsp3) is 0.923. The van der Waals surface area contributed by atoms with Crippen molar-refractivity contribution < 1.29 is 4.79 Å². The molecule has 2 fully saturated rings. The van der Waals surface area contributed by atoms with E-state index < -0.39 is 0 Å². The molecule has 16 heavy (non-hydrogen) atoms. The molecule has 2 nitrogen and oxygen atoms in total. The number of alkyl halides is 1. The van der Waals surface area contributed by atoms with Gasteiger partial charge in [-0.05, 0) is 25.2 Å². The van der Waals surface area contributed by atoms with Crippen molar-refractivity contribution in [3.8, 4) is 0 Å². The summed E-state index contributed by atoms with van der Waals surface area (Å²) in [6.45, 7) is 1.88. The molecule has 1 amide bonds. The van der Waals surface area contributed by atoms with Gasteiger partial charge < -0.3 is 4.90 Å². The Balaban J connectivity index is 1.77. The molecule has 0 aromatic carbocycles. The second-order valence-corrected chi connectivity index (χ2v) is 6.58. The van der Waals surface area contributed by atoms with Crippen molar-refractivity contribution in [2.24, 2.45) is 5.92 Å². The zero-order valence-electron chi connectivity index (χ0n) is 9.96. The van der Waals surface area contributed by atoms with E-state index in [1.807, 2.05) is 4.90 Å². The van der Waals surface area contributed by atoms with Gasteiger partial charge in [0, 0.05) is 24.3 Å². The molecule has 0 spiro atoms. The van der Waals surface area contributed by atoms with Gasteiger partial charge in [0.15, 0.2) is 0 Å². The van der Waals surface area contributed by atoms with Crippen LogP contribution in [0.3, 0.4) is 0 Å². The van der Waals surface area contributed by atoms with E-state index in [0.717, 1.165) is 25.9 Å². The molecule has 2 rings (SSSR count). The van der Waals surface area contributed by atoms with Crippen LogP contribution in [0.25, 0.3) is 0 Å². The molecule has 1 saturated heterocycles. The van der Waals surface area contributed by atoms with Crippen LogP contribution in [0.15, 0.2) is 0 Å². The minimum atomic E-state index is 0.397. The lowest BCUT2D eigenvalue weighted by Crippen LogP contribution is -2.30. The molecule has 1 saturated carbocycles. The third-order valence-electron chi connectivity index (χ3n) is 3.92. The molecule has 92 valence electrons. The number of carbonyl (C=O) groups excluding carboxylic acids is 1. The smallest absolute Gasteiger partial charge is 0.222 e. The Bertz CT molecular complexity index is 236. The van der Waals surface area contributed by atoms with Gasteiger partial charge in [-0.3, -0.25) is 4.79 Å². The van der Waals surface area contributed by atoms with Crippen molar-refractivity contribution in [2.45, 2.75) is 56.2 Å². The molecule has 2 aliphatic rings. The number of hydrogen-bond acceptors (Lipinski definition) is 1.